The van der Waals surface area contributed by atoms with E-state index in [1.54, 1.807) is 0 Å². The van der Waals surface area contributed by atoms with Crippen molar-refractivity contribution in [2.45, 2.75) is 31.7 Å². The molecule has 2 aliphatic rings. The van der Waals surface area contributed by atoms with E-state index in [2.05, 4.69) is 58.7 Å². The van der Waals surface area contributed by atoms with Gasteiger partial charge in [-0.05, 0) is 55.0 Å². The van der Waals surface area contributed by atoms with E-state index < -0.39 is 0 Å². The van der Waals surface area contributed by atoms with E-state index >= 15 is 0 Å². The van der Waals surface area contributed by atoms with Crippen LogP contribution in [0.1, 0.15) is 36.4 Å². The molecule has 2 nitrogen and oxygen atoms in total. The Morgan fingerprint density at radius 3 is 2.71 bits per heavy atom. The second kappa shape index (κ2) is 5.44. The van der Waals surface area contributed by atoms with Gasteiger partial charge < -0.3 is 10.2 Å². The molecule has 2 aromatic carbocycles. The van der Waals surface area contributed by atoms with Crippen molar-refractivity contribution in [2.24, 2.45) is 0 Å². The van der Waals surface area contributed by atoms with Gasteiger partial charge in [-0.3, -0.25) is 0 Å². The Balaban J connectivity index is 1.54. The van der Waals surface area contributed by atoms with Gasteiger partial charge in [-0.2, -0.15) is 0 Å². The molecule has 0 spiro atoms. The van der Waals surface area contributed by atoms with E-state index in [1.165, 1.54) is 61.3 Å². The van der Waals surface area contributed by atoms with Crippen molar-refractivity contribution in [1.82, 2.24) is 0 Å². The molecule has 2 heteroatoms. The fourth-order valence-electron chi connectivity index (χ4n) is 3.68. The molecule has 0 bridgehead atoms. The van der Waals surface area contributed by atoms with Crippen LogP contribution in [0.2, 0.25) is 0 Å². The number of anilines is 2. The SMILES string of the molecule is c1cc(NC2CCc3ccccc32)cc(N2CCCC2)c1. The third-order valence-electron chi connectivity index (χ3n) is 4.79. The topological polar surface area (TPSA) is 15.3 Å². The van der Waals surface area contributed by atoms with Crippen LogP contribution in [0.3, 0.4) is 0 Å². The molecule has 0 amide bonds. The fraction of sp³-hybridized carbons (Fsp3) is 0.368. The molecule has 0 aromatic heterocycles. The lowest BCUT2D eigenvalue weighted by molar-refractivity contribution is 0.762. The van der Waals surface area contributed by atoms with Crippen molar-refractivity contribution in [3.8, 4) is 0 Å². The standard InChI is InChI=1S/C19H22N2/c1-2-9-18-15(6-1)10-11-19(18)20-16-7-5-8-17(14-16)21-12-3-4-13-21/h1-2,5-9,14,19-20H,3-4,10-13H2. The van der Waals surface area contributed by atoms with Crippen molar-refractivity contribution >= 4 is 11.4 Å². The Morgan fingerprint density at radius 2 is 1.81 bits per heavy atom. The Kier molecular flexibility index (Phi) is 3.30. The third-order valence-corrected chi connectivity index (χ3v) is 4.79. The number of nitrogens with zero attached hydrogens (tertiary/aromatic N) is 1. The maximum Gasteiger partial charge on any atom is 0.0519 e. The molecule has 1 fully saturated rings. The highest BCUT2D eigenvalue weighted by Gasteiger charge is 2.21. The van der Waals surface area contributed by atoms with E-state index in [4.69, 9.17) is 0 Å². The Morgan fingerprint density at radius 1 is 0.952 bits per heavy atom. The number of benzene rings is 2. The zero-order valence-electron chi connectivity index (χ0n) is 12.4. The smallest absolute Gasteiger partial charge is 0.0519 e. The van der Waals surface area contributed by atoms with Gasteiger partial charge >= 0.3 is 0 Å². The monoisotopic (exact) mass is 278 g/mol. The molecule has 4 rings (SSSR count). The molecule has 1 saturated heterocycles. The van der Waals surface area contributed by atoms with Crippen molar-refractivity contribution in [3.63, 3.8) is 0 Å². The van der Waals surface area contributed by atoms with Crippen LogP contribution < -0.4 is 10.2 Å². The molecule has 21 heavy (non-hydrogen) atoms. The average Bonchev–Trinajstić information content (AvgIpc) is 3.18. The van der Waals surface area contributed by atoms with Gasteiger partial charge in [-0.15, -0.1) is 0 Å². The highest BCUT2D eigenvalue weighted by molar-refractivity contribution is 5.59. The van der Waals surface area contributed by atoms with Gasteiger partial charge in [0, 0.05) is 24.5 Å². The van der Waals surface area contributed by atoms with Crippen LogP contribution in [0.4, 0.5) is 11.4 Å². The summed E-state index contributed by atoms with van der Waals surface area (Å²) in [6.45, 7) is 2.41. The minimum absolute atomic E-state index is 0.468. The highest BCUT2D eigenvalue weighted by Crippen LogP contribution is 2.34. The first-order valence-electron chi connectivity index (χ1n) is 8.09. The highest BCUT2D eigenvalue weighted by atomic mass is 15.1. The van der Waals surface area contributed by atoms with Crippen molar-refractivity contribution < 1.29 is 0 Å². The largest absolute Gasteiger partial charge is 0.378 e. The van der Waals surface area contributed by atoms with Crippen LogP contribution >= 0.6 is 0 Å². The van der Waals surface area contributed by atoms with Gasteiger partial charge in [0.05, 0.1) is 6.04 Å². The van der Waals surface area contributed by atoms with E-state index in [-0.39, 0.29) is 0 Å². The number of rotatable bonds is 3. The van der Waals surface area contributed by atoms with Gasteiger partial charge in [0.1, 0.15) is 0 Å². The first kappa shape index (κ1) is 12.8. The molecular formula is C19H22N2. The zero-order chi connectivity index (χ0) is 14.1. The van der Waals surface area contributed by atoms with Crippen LogP contribution in [0, 0.1) is 0 Å². The summed E-state index contributed by atoms with van der Waals surface area (Å²) in [5.41, 5.74) is 5.60. The second-order valence-electron chi connectivity index (χ2n) is 6.18. The number of hydrogen-bond donors (Lipinski definition) is 1. The summed E-state index contributed by atoms with van der Waals surface area (Å²) in [4.78, 5) is 2.49. The summed E-state index contributed by atoms with van der Waals surface area (Å²) in [5.74, 6) is 0. The Hall–Kier alpha value is -1.96. The average molecular weight is 278 g/mol. The summed E-state index contributed by atoms with van der Waals surface area (Å²) in [6.07, 6.45) is 5.05. The maximum absolute atomic E-state index is 3.73. The van der Waals surface area contributed by atoms with Gasteiger partial charge in [-0.25, -0.2) is 0 Å². The minimum atomic E-state index is 0.468. The Labute approximate surface area is 126 Å². The number of fused-ring (bicyclic) bond motifs is 1. The number of nitrogens with one attached hydrogen (secondary N) is 1. The molecule has 1 aliphatic heterocycles. The third kappa shape index (κ3) is 2.51. The van der Waals surface area contributed by atoms with Crippen LogP contribution in [0.15, 0.2) is 48.5 Å². The van der Waals surface area contributed by atoms with Crippen LogP contribution in [0.25, 0.3) is 0 Å². The predicted octanol–water partition coefficient (Wildman–Crippen LogP) is 4.39. The predicted molar refractivity (Wildman–Crippen MR) is 89.0 cm³/mol. The van der Waals surface area contributed by atoms with Crippen LogP contribution in [-0.4, -0.2) is 13.1 Å². The van der Waals surface area contributed by atoms with Crippen LogP contribution in [0.5, 0.6) is 0 Å². The van der Waals surface area contributed by atoms with Crippen molar-refractivity contribution in [3.05, 3.63) is 59.7 Å². The van der Waals surface area contributed by atoms with E-state index in [0.717, 1.165) is 0 Å². The maximum atomic E-state index is 3.73. The molecule has 1 atom stereocenters. The van der Waals surface area contributed by atoms with Gasteiger partial charge in [-0.1, -0.05) is 30.3 Å². The fourth-order valence-corrected chi connectivity index (χ4v) is 3.68. The van der Waals surface area contributed by atoms with Gasteiger partial charge in [0.2, 0.25) is 0 Å². The summed E-state index contributed by atoms with van der Waals surface area (Å²) >= 11 is 0. The van der Waals surface area contributed by atoms with Crippen LogP contribution in [-0.2, 0) is 6.42 Å². The molecule has 1 aliphatic carbocycles. The van der Waals surface area contributed by atoms with Crippen molar-refractivity contribution in [2.75, 3.05) is 23.3 Å². The van der Waals surface area contributed by atoms with Crippen molar-refractivity contribution in [1.29, 1.82) is 0 Å². The molecule has 2 aromatic rings. The minimum Gasteiger partial charge on any atom is -0.378 e. The van der Waals surface area contributed by atoms with E-state index in [9.17, 15) is 0 Å². The Bertz CT molecular complexity index is 629. The summed E-state index contributed by atoms with van der Waals surface area (Å²) < 4.78 is 0. The van der Waals surface area contributed by atoms with E-state index in [0.29, 0.717) is 6.04 Å². The molecule has 0 saturated carbocycles. The lowest BCUT2D eigenvalue weighted by atomic mass is 10.1. The first-order chi connectivity index (χ1) is 10.4. The van der Waals surface area contributed by atoms with E-state index in [1.807, 2.05) is 0 Å². The number of hydrogen-bond acceptors (Lipinski definition) is 2. The quantitative estimate of drug-likeness (QED) is 0.896. The zero-order valence-corrected chi connectivity index (χ0v) is 12.4. The normalized spacial score (nSPS) is 20.6. The second-order valence-corrected chi connectivity index (χ2v) is 6.18. The van der Waals surface area contributed by atoms with Gasteiger partial charge in [0.25, 0.3) is 0 Å². The lowest BCUT2D eigenvalue weighted by Crippen LogP contribution is -2.17. The lowest BCUT2D eigenvalue weighted by Gasteiger charge is -2.20. The number of aryl methyl sites for hydroxylation is 1. The molecule has 1 N–H and O–H groups in total. The molecular weight excluding hydrogens is 256 g/mol. The first-order valence-corrected chi connectivity index (χ1v) is 8.09. The molecule has 1 unspecified atom stereocenters. The molecule has 108 valence electrons. The molecule has 0 radical (unpaired) electrons. The summed E-state index contributed by atoms with van der Waals surface area (Å²) in [6, 6.07) is 18.2. The van der Waals surface area contributed by atoms with Gasteiger partial charge in [0.15, 0.2) is 0 Å². The summed E-state index contributed by atoms with van der Waals surface area (Å²) in [5, 5.41) is 3.73. The molecule has 1 heterocycles. The summed E-state index contributed by atoms with van der Waals surface area (Å²) in [7, 11) is 0.